The van der Waals surface area contributed by atoms with E-state index < -0.39 is 23.7 Å². The molecule has 2 aromatic carbocycles. The van der Waals surface area contributed by atoms with Gasteiger partial charge in [0, 0.05) is 33.1 Å². The van der Waals surface area contributed by atoms with Gasteiger partial charge in [0.15, 0.2) is 11.6 Å². The molecule has 1 unspecified atom stereocenters. The number of anilines is 2. The topological polar surface area (TPSA) is 98.7 Å². The van der Waals surface area contributed by atoms with Crippen molar-refractivity contribution < 1.29 is 19.1 Å². The molecule has 0 spiro atoms. The van der Waals surface area contributed by atoms with Gasteiger partial charge in [0.05, 0.1) is 16.0 Å². The number of nitrogens with zero attached hydrogens (tertiary/aromatic N) is 4. The zero-order valence-electron chi connectivity index (χ0n) is 23.1. The minimum Gasteiger partial charge on any atom is -0.480 e. The van der Waals surface area contributed by atoms with Crippen LogP contribution < -0.4 is 15.1 Å². The van der Waals surface area contributed by atoms with E-state index in [4.69, 9.17) is 23.2 Å². The van der Waals surface area contributed by atoms with Gasteiger partial charge in [-0.15, -0.1) is 0 Å². The summed E-state index contributed by atoms with van der Waals surface area (Å²) in [5, 5.41) is 13.5. The average Bonchev–Trinajstić information content (AvgIpc) is 2.97. The Balaban J connectivity index is 1.41. The number of nitrogens with one attached hydrogen (secondary N) is 1. The van der Waals surface area contributed by atoms with Crippen LogP contribution in [-0.2, 0) is 16.0 Å². The van der Waals surface area contributed by atoms with Gasteiger partial charge in [-0.05, 0) is 48.1 Å². The molecule has 1 saturated heterocycles. The van der Waals surface area contributed by atoms with E-state index >= 15 is 4.39 Å². The second-order valence-corrected chi connectivity index (χ2v) is 11.1. The van der Waals surface area contributed by atoms with Crippen molar-refractivity contribution in [3.05, 3.63) is 70.2 Å². The first-order valence-corrected chi connectivity index (χ1v) is 14.5. The van der Waals surface area contributed by atoms with E-state index in [1.165, 1.54) is 6.33 Å². The minimum atomic E-state index is -1.12. The average molecular weight is 603 g/mol. The van der Waals surface area contributed by atoms with Crippen LogP contribution in [0.2, 0.25) is 10.0 Å². The molecule has 41 heavy (non-hydrogen) atoms. The Morgan fingerprint density at radius 3 is 2.56 bits per heavy atom. The number of aromatic nitrogens is 2. The lowest BCUT2D eigenvalue weighted by Gasteiger charge is -2.34. The molecule has 11 heteroatoms. The number of benzene rings is 2. The van der Waals surface area contributed by atoms with Crippen molar-refractivity contribution in [1.82, 2.24) is 15.3 Å². The maximum atomic E-state index is 15.4. The monoisotopic (exact) mass is 601 g/mol. The maximum Gasteiger partial charge on any atom is 0.326 e. The van der Waals surface area contributed by atoms with Crippen LogP contribution in [0.3, 0.4) is 0 Å². The number of carboxylic acid groups (broad SMARTS) is 1. The van der Waals surface area contributed by atoms with Crippen LogP contribution in [0.15, 0.2) is 48.8 Å². The van der Waals surface area contributed by atoms with Crippen LogP contribution in [0.5, 0.6) is 0 Å². The third kappa shape index (κ3) is 7.65. The molecule has 8 nitrogen and oxygen atoms in total. The van der Waals surface area contributed by atoms with E-state index in [1.54, 1.807) is 29.0 Å². The van der Waals surface area contributed by atoms with E-state index in [9.17, 15) is 14.7 Å². The van der Waals surface area contributed by atoms with E-state index in [-0.39, 0.29) is 30.5 Å². The molecule has 0 radical (unpaired) electrons. The first-order chi connectivity index (χ1) is 19.7. The molecule has 2 heterocycles. The fourth-order valence-electron chi connectivity index (χ4n) is 4.96. The minimum absolute atomic E-state index is 0.118. The quantitative estimate of drug-likeness (QED) is 0.284. The number of rotatable bonds is 11. The zero-order chi connectivity index (χ0) is 29.5. The van der Waals surface area contributed by atoms with Crippen molar-refractivity contribution in [3.63, 3.8) is 0 Å². The molecule has 2 N–H and O–H groups in total. The molecule has 4 rings (SSSR count). The second kappa shape index (κ2) is 14.0. The second-order valence-electron chi connectivity index (χ2n) is 10.3. The standard InChI is InChI=1S/C30H34Cl2FN5O3/c1-3-4-13-37(2)27-26(33)28(35-18-34-27)38-14-5-6-22(17-38)29(39)36-25(30(40)41)15-19-7-9-20(10-8-19)21-11-12-23(31)24(32)16-21/h7-12,16,18,22,25H,3-6,13-15,17H2,1-2H3,(H,36,39)(H,40,41)/t22?,25-/m0/s1. The highest BCUT2D eigenvalue weighted by molar-refractivity contribution is 6.42. The van der Waals surface area contributed by atoms with E-state index in [0.29, 0.717) is 36.0 Å². The van der Waals surface area contributed by atoms with Crippen LogP contribution >= 0.6 is 23.2 Å². The van der Waals surface area contributed by atoms with E-state index in [1.807, 2.05) is 30.3 Å². The van der Waals surface area contributed by atoms with Gasteiger partial charge in [-0.2, -0.15) is 4.39 Å². The summed E-state index contributed by atoms with van der Waals surface area (Å²) in [4.78, 5) is 37.1. The van der Waals surface area contributed by atoms with Gasteiger partial charge < -0.3 is 20.2 Å². The van der Waals surface area contributed by atoms with Gasteiger partial charge in [0.1, 0.15) is 12.4 Å². The zero-order valence-corrected chi connectivity index (χ0v) is 24.6. The third-order valence-electron chi connectivity index (χ3n) is 7.31. The largest absolute Gasteiger partial charge is 0.480 e. The number of unbranched alkanes of at least 4 members (excludes halogenated alkanes) is 1. The summed E-state index contributed by atoms with van der Waals surface area (Å²) in [5.41, 5.74) is 2.55. The van der Waals surface area contributed by atoms with Crippen molar-refractivity contribution >= 4 is 46.7 Å². The lowest BCUT2D eigenvalue weighted by molar-refractivity contribution is -0.142. The first-order valence-electron chi connectivity index (χ1n) is 13.7. The normalized spacial score (nSPS) is 15.8. The Bertz CT molecular complexity index is 1370. The van der Waals surface area contributed by atoms with E-state index in [2.05, 4.69) is 22.2 Å². The Morgan fingerprint density at radius 1 is 1.15 bits per heavy atom. The number of amides is 1. The van der Waals surface area contributed by atoms with Crippen molar-refractivity contribution in [2.75, 3.05) is 36.5 Å². The molecule has 0 aliphatic carbocycles. The summed E-state index contributed by atoms with van der Waals surface area (Å²) in [7, 11) is 1.80. The number of hydrogen-bond acceptors (Lipinski definition) is 6. The Kier molecular flexibility index (Phi) is 10.4. The summed E-state index contributed by atoms with van der Waals surface area (Å²) < 4.78 is 15.4. The van der Waals surface area contributed by atoms with Gasteiger partial charge in [-0.25, -0.2) is 14.8 Å². The maximum absolute atomic E-state index is 15.4. The summed E-state index contributed by atoms with van der Waals surface area (Å²) in [5.74, 6) is -2.12. The molecule has 0 bridgehead atoms. The van der Waals surface area contributed by atoms with Crippen molar-refractivity contribution in [3.8, 4) is 11.1 Å². The molecule has 0 saturated carbocycles. The third-order valence-corrected chi connectivity index (χ3v) is 8.05. The van der Waals surface area contributed by atoms with E-state index in [0.717, 1.165) is 29.5 Å². The number of hydrogen-bond donors (Lipinski definition) is 2. The summed E-state index contributed by atoms with van der Waals surface area (Å²) in [6.45, 7) is 3.52. The van der Waals surface area contributed by atoms with Crippen LogP contribution in [0, 0.1) is 11.7 Å². The molecule has 1 aliphatic rings. The molecule has 1 aliphatic heterocycles. The number of carboxylic acids is 1. The van der Waals surface area contributed by atoms with Crippen molar-refractivity contribution in [2.45, 2.75) is 45.1 Å². The number of halogens is 3. The fourth-order valence-corrected chi connectivity index (χ4v) is 5.26. The van der Waals surface area contributed by atoms with Crippen LogP contribution in [0.25, 0.3) is 11.1 Å². The molecular formula is C30H34Cl2FN5O3. The molecule has 2 atom stereocenters. The number of carbonyl (C=O) groups excluding carboxylic acids is 1. The van der Waals surface area contributed by atoms with Gasteiger partial charge in [-0.1, -0.05) is 66.9 Å². The fraction of sp³-hybridized carbons (Fsp3) is 0.400. The summed E-state index contributed by atoms with van der Waals surface area (Å²) in [6, 6.07) is 11.6. The van der Waals surface area contributed by atoms with Crippen molar-refractivity contribution in [1.29, 1.82) is 0 Å². The predicted octanol–water partition coefficient (Wildman–Crippen LogP) is 5.85. The van der Waals surface area contributed by atoms with Crippen LogP contribution in [-0.4, -0.2) is 59.7 Å². The molecule has 1 aromatic heterocycles. The molecule has 1 amide bonds. The number of aliphatic carboxylic acids is 1. The molecular weight excluding hydrogens is 568 g/mol. The highest BCUT2D eigenvalue weighted by atomic mass is 35.5. The van der Waals surface area contributed by atoms with Crippen molar-refractivity contribution in [2.24, 2.45) is 5.92 Å². The first kappa shape index (κ1) is 30.5. The summed E-state index contributed by atoms with van der Waals surface area (Å²) >= 11 is 12.1. The highest BCUT2D eigenvalue weighted by Gasteiger charge is 2.31. The Morgan fingerprint density at radius 2 is 1.88 bits per heavy atom. The Labute approximate surface area is 249 Å². The highest BCUT2D eigenvalue weighted by Crippen LogP contribution is 2.30. The SMILES string of the molecule is CCCCN(C)c1ncnc(N2CCCC(C(=O)N[C@@H](Cc3ccc(-c4ccc(Cl)c(Cl)c4)cc3)C(=O)O)C2)c1F. The lowest BCUT2D eigenvalue weighted by atomic mass is 9.95. The predicted molar refractivity (Wildman–Crippen MR) is 160 cm³/mol. The van der Waals surface area contributed by atoms with Crippen LogP contribution in [0.1, 0.15) is 38.2 Å². The van der Waals surface area contributed by atoms with Crippen LogP contribution in [0.4, 0.5) is 16.0 Å². The molecule has 3 aromatic rings. The number of carbonyl (C=O) groups is 2. The smallest absolute Gasteiger partial charge is 0.326 e. The lowest BCUT2D eigenvalue weighted by Crippen LogP contribution is -2.49. The van der Waals surface area contributed by atoms with Gasteiger partial charge in [0.25, 0.3) is 0 Å². The summed E-state index contributed by atoms with van der Waals surface area (Å²) in [6.07, 6.45) is 4.57. The number of piperidine rings is 1. The van der Waals surface area contributed by atoms with Gasteiger partial charge >= 0.3 is 5.97 Å². The molecule has 1 fully saturated rings. The Hall–Kier alpha value is -3.43. The van der Waals surface area contributed by atoms with Gasteiger partial charge in [0.2, 0.25) is 11.7 Å². The van der Waals surface area contributed by atoms with Gasteiger partial charge in [-0.3, -0.25) is 4.79 Å². The molecule has 218 valence electrons.